The van der Waals surface area contributed by atoms with Crippen LogP contribution >= 0.6 is 0 Å². The molecule has 1 N–H and O–H groups in total. The van der Waals surface area contributed by atoms with Crippen molar-refractivity contribution in [1.29, 1.82) is 0 Å². The number of benzene rings is 5. The van der Waals surface area contributed by atoms with Crippen molar-refractivity contribution in [2.75, 3.05) is 0 Å². The number of rotatable bonds is 5. The summed E-state index contributed by atoms with van der Waals surface area (Å²) in [5.41, 5.74) is 7.78. The number of aromatic nitrogens is 2. The van der Waals surface area contributed by atoms with Crippen LogP contribution in [0.5, 0.6) is 0 Å². The lowest BCUT2D eigenvalue weighted by Gasteiger charge is -2.06. The molecule has 39 heavy (non-hydrogen) atoms. The second kappa shape index (κ2) is 10.9. The number of carbonyl (C=O) groups excluding carboxylic acids is 1. The first kappa shape index (κ1) is 23.9. The van der Waals surface area contributed by atoms with Gasteiger partial charge in [-0.15, -0.1) is 0 Å². The number of carbonyl (C=O) groups is 1. The van der Waals surface area contributed by atoms with E-state index in [1.54, 1.807) is 0 Å². The van der Waals surface area contributed by atoms with Gasteiger partial charge in [0.2, 0.25) is 0 Å². The summed E-state index contributed by atoms with van der Waals surface area (Å²) < 4.78 is 0. The van der Waals surface area contributed by atoms with E-state index in [1.165, 1.54) is 0 Å². The van der Waals surface area contributed by atoms with E-state index in [2.05, 4.69) is 29.0 Å². The molecule has 3 heteroatoms. The third kappa shape index (κ3) is 5.32. The minimum absolute atomic E-state index is 0.0123. The fraction of sp³-hybridized carbons (Fsp3) is 0. The zero-order valence-electron chi connectivity index (χ0n) is 21.1. The van der Waals surface area contributed by atoms with Crippen molar-refractivity contribution in [2.24, 2.45) is 0 Å². The third-order valence-corrected chi connectivity index (χ3v) is 6.48. The van der Waals surface area contributed by atoms with Gasteiger partial charge in [0.1, 0.15) is 5.82 Å². The van der Waals surface area contributed by atoms with Crippen molar-refractivity contribution in [3.05, 3.63) is 162 Å². The number of hydrogen-bond donors (Lipinski definition) is 1. The Morgan fingerprint density at radius 3 is 1.79 bits per heavy atom. The van der Waals surface area contributed by atoms with Gasteiger partial charge in [-0.1, -0.05) is 121 Å². The second-order valence-electron chi connectivity index (χ2n) is 9.14. The molecule has 0 aliphatic carbocycles. The van der Waals surface area contributed by atoms with Gasteiger partial charge < -0.3 is 4.98 Å². The third-order valence-electron chi connectivity index (χ3n) is 6.48. The molecule has 184 valence electrons. The van der Waals surface area contributed by atoms with E-state index >= 15 is 0 Å². The summed E-state index contributed by atoms with van der Waals surface area (Å²) in [6.45, 7) is 0. The summed E-state index contributed by atoms with van der Waals surface area (Å²) in [6, 6.07) is 45.2. The highest BCUT2D eigenvalue weighted by Crippen LogP contribution is 2.33. The Kier molecular flexibility index (Phi) is 6.67. The minimum atomic E-state index is -0.0123. The standard InChI is InChI=1S/C36H24N2O/c39-35(29-15-8-3-9-16-29)32-18-10-17-31(25-32)34-33(28-13-6-2-7-14-28)37-36(38-34)30-23-21-27(22-24-30)20-19-26-11-4-1-5-12-26/h1-18,21-25H,(H,37,38). The highest BCUT2D eigenvalue weighted by Gasteiger charge is 2.17. The molecular weight excluding hydrogens is 476 g/mol. The average Bonchev–Trinajstić information content (AvgIpc) is 3.47. The van der Waals surface area contributed by atoms with Crippen LogP contribution in [-0.4, -0.2) is 15.8 Å². The highest BCUT2D eigenvalue weighted by molar-refractivity contribution is 6.09. The van der Waals surface area contributed by atoms with Crippen molar-refractivity contribution in [3.63, 3.8) is 0 Å². The van der Waals surface area contributed by atoms with Crippen LogP contribution in [0.2, 0.25) is 0 Å². The molecule has 0 saturated heterocycles. The lowest BCUT2D eigenvalue weighted by Crippen LogP contribution is -2.01. The lowest BCUT2D eigenvalue weighted by molar-refractivity contribution is 0.103. The monoisotopic (exact) mass is 500 g/mol. The molecule has 0 aliphatic rings. The molecule has 1 heterocycles. The maximum Gasteiger partial charge on any atom is 0.193 e. The zero-order chi connectivity index (χ0) is 26.4. The molecule has 0 unspecified atom stereocenters. The number of imidazole rings is 1. The number of H-pyrrole nitrogens is 1. The fourth-order valence-corrected chi connectivity index (χ4v) is 4.47. The maximum atomic E-state index is 13.1. The predicted octanol–water partition coefficient (Wildman–Crippen LogP) is 8.04. The fourth-order valence-electron chi connectivity index (χ4n) is 4.47. The van der Waals surface area contributed by atoms with Gasteiger partial charge in [0.05, 0.1) is 11.4 Å². The van der Waals surface area contributed by atoms with E-state index in [0.29, 0.717) is 11.1 Å². The molecule has 0 amide bonds. The van der Waals surface area contributed by atoms with Crippen LogP contribution in [0.1, 0.15) is 27.0 Å². The van der Waals surface area contributed by atoms with Crippen LogP contribution in [0.15, 0.2) is 140 Å². The number of hydrogen-bond acceptors (Lipinski definition) is 2. The minimum Gasteiger partial charge on any atom is -0.337 e. The summed E-state index contributed by atoms with van der Waals surface area (Å²) >= 11 is 0. The molecule has 0 aliphatic heterocycles. The summed E-state index contributed by atoms with van der Waals surface area (Å²) in [6.07, 6.45) is 0. The molecule has 0 atom stereocenters. The summed E-state index contributed by atoms with van der Waals surface area (Å²) in [4.78, 5) is 21.7. The van der Waals surface area contributed by atoms with Crippen LogP contribution in [0.3, 0.4) is 0 Å². The van der Waals surface area contributed by atoms with E-state index in [4.69, 9.17) is 4.98 Å². The van der Waals surface area contributed by atoms with Crippen LogP contribution in [0.25, 0.3) is 33.9 Å². The highest BCUT2D eigenvalue weighted by atomic mass is 16.1. The Balaban J connectivity index is 1.37. The first-order chi connectivity index (χ1) is 19.2. The Morgan fingerprint density at radius 2 is 1.10 bits per heavy atom. The van der Waals surface area contributed by atoms with Gasteiger partial charge in [-0.3, -0.25) is 4.79 Å². The Labute approximate surface area is 227 Å². The summed E-state index contributed by atoms with van der Waals surface area (Å²) in [5, 5.41) is 0. The van der Waals surface area contributed by atoms with Crippen LogP contribution in [-0.2, 0) is 0 Å². The molecule has 6 rings (SSSR count). The molecule has 0 fully saturated rings. The molecule has 0 spiro atoms. The van der Waals surface area contributed by atoms with Crippen LogP contribution < -0.4 is 0 Å². The first-order valence-corrected chi connectivity index (χ1v) is 12.8. The molecule has 5 aromatic carbocycles. The Bertz CT molecular complexity index is 1790. The predicted molar refractivity (Wildman–Crippen MR) is 157 cm³/mol. The number of ketones is 1. The lowest BCUT2D eigenvalue weighted by atomic mass is 9.99. The quantitative estimate of drug-likeness (QED) is 0.192. The normalized spacial score (nSPS) is 10.5. The molecule has 3 nitrogen and oxygen atoms in total. The first-order valence-electron chi connectivity index (χ1n) is 12.8. The van der Waals surface area contributed by atoms with Gasteiger partial charge in [-0.05, 0) is 30.3 Å². The molecular formula is C36H24N2O. The van der Waals surface area contributed by atoms with E-state index in [1.807, 2.05) is 127 Å². The molecule has 0 radical (unpaired) electrons. The van der Waals surface area contributed by atoms with Crippen molar-refractivity contribution < 1.29 is 4.79 Å². The maximum absolute atomic E-state index is 13.1. The van der Waals surface area contributed by atoms with Crippen molar-refractivity contribution in [3.8, 4) is 45.7 Å². The van der Waals surface area contributed by atoms with E-state index in [0.717, 1.165) is 45.0 Å². The largest absolute Gasteiger partial charge is 0.337 e. The van der Waals surface area contributed by atoms with Gasteiger partial charge in [-0.25, -0.2) is 4.98 Å². The number of nitrogens with one attached hydrogen (secondary N) is 1. The van der Waals surface area contributed by atoms with Gasteiger partial charge in [0.25, 0.3) is 0 Å². The smallest absolute Gasteiger partial charge is 0.193 e. The average molecular weight is 501 g/mol. The summed E-state index contributed by atoms with van der Waals surface area (Å²) in [7, 11) is 0. The van der Waals surface area contributed by atoms with E-state index in [-0.39, 0.29) is 5.78 Å². The molecule has 1 aromatic heterocycles. The van der Waals surface area contributed by atoms with Crippen molar-refractivity contribution >= 4 is 5.78 Å². The van der Waals surface area contributed by atoms with Gasteiger partial charge in [0.15, 0.2) is 5.78 Å². The molecule has 6 aromatic rings. The molecule has 0 bridgehead atoms. The van der Waals surface area contributed by atoms with Crippen molar-refractivity contribution in [2.45, 2.75) is 0 Å². The van der Waals surface area contributed by atoms with E-state index < -0.39 is 0 Å². The van der Waals surface area contributed by atoms with Gasteiger partial charge in [0, 0.05) is 38.9 Å². The topological polar surface area (TPSA) is 45.8 Å². The molecule has 0 saturated carbocycles. The number of aromatic amines is 1. The van der Waals surface area contributed by atoms with Crippen molar-refractivity contribution in [1.82, 2.24) is 9.97 Å². The van der Waals surface area contributed by atoms with E-state index in [9.17, 15) is 4.79 Å². The Hall–Kier alpha value is -5.46. The second-order valence-corrected chi connectivity index (χ2v) is 9.14. The Morgan fingerprint density at radius 1 is 0.538 bits per heavy atom. The summed E-state index contributed by atoms with van der Waals surface area (Å²) in [5.74, 6) is 7.17. The van der Waals surface area contributed by atoms with Gasteiger partial charge in [-0.2, -0.15) is 0 Å². The van der Waals surface area contributed by atoms with Crippen LogP contribution in [0.4, 0.5) is 0 Å². The van der Waals surface area contributed by atoms with Crippen LogP contribution in [0, 0.1) is 11.8 Å². The van der Waals surface area contributed by atoms with Gasteiger partial charge >= 0.3 is 0 Å². The SMILES string of the molecule is O=C(c1ccccc1)c1cccc(-c2nc(-c3ccc(C#Cc4ccccc4)cc3)[nH]c2-c2ccccc2)c1. The zero-order valence-corrected chi connectivity index (χ0v) is 21.1. The number of nitrogens with zero attached hydrogens (tertiary/aromatic N) is 1.